The van der Waals surface area contributed by atoms with E-state index >= 15 is 8.78 Å². The summed E-state index contributed by atoms with van der Waals surface area (Å²) in [7, 11) is 0. The van der Waals surface area contributed by atoms with Crippen molar-refractivity contribution in [2.75, 3.05) is 31.1 Å². The van der Waals surface area contributed by atoms with E-state index in [1.165, 1.54) is 10.8 Å². The van der Waals surface area contributed by atoms with Crippen LogP contribution >= 0.6 is 0 Å². The fourth-order valence-corrected chi connectivity index (χ4v) is 5.45. The van der Waals surface area contributed by atoms with Gasteiger partial charge in [-0.2, -0.15) is 0 Å². The van der Waals surface area contributed by atoms with Crippen molar-refractivity contribution in [3.05, 3.63) is 39.7 Å². The molecular weight excluding hydrogens is 420 g/mol. The lowest BCUT2D eigenvalue weighted by Gasteiger charge is -2.36. The quantitative estimate of drug-likeness (QED) is 0.762. The third-order valence-electron chi connectivity index (χ3n) is 6.99. The molecule has 0 radical (unpaired) electrons. The zero-order chi connectivity index (χ0) is 22.7. The van der Waals surface area contributed by atoms with Crippen LogP contribution < -0.4 is 10.3 Å². The highest BCUT2D eigenvalue weighted by Crippen LogP contribution is 2.41. The van der Waals surface area contributed by atoms with Gasteiger partial charge in [-0.3, -0.25) is 14.5 Å². The van der Waals surface area contributed by atoms with Crippen LogP contribution in [-0.2, 0) is 4.79 Å². The minimum atomic E-state index is -1.41. The Kier molecular flexibility index (Phi) is 5.03. The first-order valence-corrected chi connectivity index (χ1v) is 11.0. The Morgan fingerprint density at radius 3 is 2.59 bits per heavy atom. The topological polar surface area (TPSA) is 82.8 Å². The molecule has 32 heavy (non-hydrogen) atoms. The first-order valence-electron chi connectivity index (χ1n) is 11.0. The van der Waals surface area contributed by atoms with Crippen molar-refractivity contribution in [2.45, 2.75) is 44.7 Å². The number of halogens is 2. The van der Waals surface area contributed by atoms with Gasteiger partial charge in [-0.25, -0.2) is 13.6 Å². The standard InChI is InChI=1S/C23H25F2N3O4/c1-12(29)8-26-6-2-3-13-9-27(11-18(13)26)21-17(24)7-15-20(19(21)25)28(14-4-5-14)10-16(22(15)30)23(31)32/h7,10,13-14,18H,2-6,8-9,11H2,1H3,(H,31,32)/t13-,18+/m0/s1. The Balaban J connectivity index is 1.61. The number of piperidine rings is 1. The molecule has 1 aliphatic carbocycles. The lowest BCUT2D eigenvalue weighted by Crippen LogP contribution is -2.47. The normalized spacial score (nSPS) is 23.5. The molecule has 1 N–H and O–H groups in total. The largest absolute Gasteiger partial charge is 0.477 e. The fraction of sp³-hybridized carbons (Fsp3) is 0.522. The zero-order valence-electron chi connectivity index (χ0n) is 17.8. The van der Waals surface area contributed by atoms with Gasteiger partial charge in [0.1, 0.15) is 22.9 Å². The fourth-order valence-electron chi connectivity index (χ4n) is 5.45. The van der Waals surface area contributed by atoms with Gasteiger partial charge in [0.2, 0.25) is 5.43 Å². The van der Waals surface area contributed by atoms with Gasteiger partial charge < -0.3 is 14.6 Å². The molecule has 2 aliphatic heterocycles. The predicted octanol–water partition coefficient (Wildman–Crippen LogP) is 2.80. The Labute approximate surface area is 183 Å². The number of nitrogens with zero attached hydrogens (tertiary/aromatic N) is 3. The molecule has 0 bridgehead atoms. The van der Waals surface area contributed by atoms with Crippen LogP contribution in [0, 0.1) is 17.6 Å². The number of carboxylic acid groups (broad SMARTS) is 1. The van der Waals surface area contributed by atoms with E-state index in [1.54, 1.807) is 11.8 Å². The predicted molar refractivity (Wildman–Crippen MR) is 114 cm³/mol. The summed E-state index contributed by atoms with van der Waals surface area (Å²) in [6, 6.07) is 0.926. The van der Waals surface area contributed by atoms with E-state index in [2.05, 4.69) is 4.90 Å². The van der Waals surface area contributed by atoms with Crippen molar-refractivity contribution in [3.8, 4) is 0 Å². The average Bonchev–Trinajstić information content (AvgIpc) is 3.47. The molecule has 1 aromatic carbocycles. The number of ketones is 1. The number of carbonyl (C=O) groups excluding carboxylic acids is 1. The van der Waals surface area contributed by atoms with Crippen LogP contribution in [0.5, 0.6) is 0 Å². The number of carboxylic acids is 1. The maximum Gasteiger partial charge on any atom is 0.341 e. The summed E-state index contributed by atoms with van der Waals surface area (Å²) in [6.45, 7) is 3.53. The smallest absolute Gasteiger partial charge is 0.341 e. The number of benzene rings is 1. The summed E-state index contributed by atoms with van der Waals surface area (Å²) >= 11 is 0. The van der Waals surface area contributed by atoms with E-state index < -0.39 is 28.6 Å². The van der Waals surface area contributed by atoms with Crippen LogP contribution in [0.25, 0.3) is 10.9 Å². The second kappa shape index (κ2) is 7.65. The molecule has 2 atom stereocenters. The molecule has 9 heteroatoms. The van der Waals surface area contributed by atoms with Gasteiger partial charge in [-0.1, -0.05) is 0 Å². The molecule has 7 nitrogen and oxygen atoms in total. The molecule has 0 amide bonds. The lowest BCUT2D eigenvalue weighted by molar-refractivity contribution is -0.119. The van der Waals surface area contributed by atoms with Crippen LogP contribution in [0.2, 0.25) is 0 Å². The number of aromatic carboxylic acids is 1. The summed E-state index contributed by atoms with van der Waals surface area (Å²) in [6.07, 6.45) is 4.55. The molecular formula is C23H25F2N3O4. The van der Waals surface area contributed by atoms with E-state index in [0.717, 1.165) is 38.3 Å². The SMILES string of the molecule is CC(=O)CN1CCC[C@H]2CN(c3c(F)cc4c(=O)c(C(=O)O)cn(C5CC5)c4c3F)C[C@H]21. The van der Waals surface area contributed by atoms with Crippen LogP contribution in [0.1, 0.15) is 49.0 Å². The molecule has 0 spiro atoms. The Bertz CT molecular complexity index is 1190. The average molecular weight is 445 g/mol. The summed E-state index contributed by atoms with van der Waals surface area (Å²) in [4.78, 5) is 39.7. The van der Waals surface area contributed by atoms with Crippen LogP contribution in [0.4, 0.5) is 14.5 Å². The Morgan fingerprint density at radius 1 is 1.19 bits per heavy atom. The van der Waals surface area contributed by atoms with Crippen molar-refractivity contribution >= 4 is 28.3 Å². The second-order valence-corrected chi connectivity index (χ2v) is 9.28. The van der Waals surface area contributed by atoms with Crippen LogP contribution in [-0.4, -0.2) is 58.5 Å². The number of aromatic nitrogens is 1. The van der Waals surface area contributed by atoms with Crippen molar-refractivity contribution in [1.29, 1.82) is 0 Å². The van der Waals surface area contributed by atoms with Crippen molar-refractivity contribution < 1.29 is 23.5 Å². The molecule has 170 valence electrons. The number of hydrogen-bond acceptors (Lipinski definition) is 5. The first kappa shape index (κ1) is 21.1. The lowest BCUT2D eigenvalue weighted by atomic mass is 9.92. The highest BCUT2D eigenvalue weighted by molar-refractivity contribution is 5.94. The van der Waals surface area contributed by atoms with E-state index in [0.29, 0.717) is 19.6 Å². The molecule has 1 saturated carbocycles. The number of hydrogen-bond donors (Lipinski definition) is 1. The molecule has 5 rings (SSSR count). The number of likely N-dealkylation sites (tertiary alicyclic amines) is 1. The minimum absolute atomic E-state index is 0.0330. The van der Waals surface area contributed by atoms with E-state index in [9.17, 15) is 19.5 Å². The highest BCUT2D eigenvalue weighted by Gasteiger charge is 2.41. The van der Waals surface area contributed by atoms with Crippen molar-refractivity contribution in [2.24, 2.45) is 5.92 Å². The number of Topliss-reactive ketones (excluding diaryl/α,β-unsaturated/α-hetero) is 1. The molecule has 1 aromatic heterocycles. The summed E-state index contributed by atoms with van der Waals surface area (Å²) in [5.41, 5.74) is -1.57. The molecule has 2 saturated heterocycles. The Hall–Kier alpha value is -2.81. The maximum absolute atomic E-state index is 15.9. The summed E-state index contributed by atoms with van der Waals surface area (Å²) < 4.78 is 32.6. The van der Waals surface area contributed by atoms with Gasteiger partial charge in [-0.15, -0.1) is 0 Å². The number of fused-ring (bicyclic) bond motifs is 2. The van der Waals surface area contributed by atoms with Crippen LogP contribution in [0.15, 0.2) is 17.1 Å². The maximum atomic E-state index is 15.9. The number of anilines is 1. The minimum Gasteiger partial charge on any atom is -0.477 e. The first-order chi connectivity index (χ1) is 15.3. The van der Waals surface area contributed by atoms with Crippen molar-refractivity contribution in [1.82, 2.24) is 9.47 Å². The van der Waals surface area contributed by atoms with E-state index in [1.807, 2.05) is 0 Å². The van der Waals surface area contributed by atoms with Crippen molar-refractivity contribution in [3.63, 3.8) is 0 Å². The molecule has 3 heterocycles. The van der Waals surface area contributed by atoms with Gasteiger partial charge in [0.05, 0.1) is 17.4 Å². The number of carbonyl (C=O) groups is 2. The van der Waals surface area contributed by atoms with E-state index in [-0.39, 0.29) is 40.4 Å². The molecule has 0 unspecified atom stereocenters. The van der Waals surface area contributed by atoms with E-state index in [4.69, 9.17) is 0 Å². The second-order valence-electron chi connectivity index (χ2n) is 9.28. The van der Waals surface area contributed by atoms with Gasteiger partial charge in [0, 0.05) is 31.4 Å². The summed E-state index contributed by atoms with van der Waals surface area (Å²) in [5, 5.41) is 9.14. The van der Waals surface area contributed by atoms with Gasteiger partial charge in [-0.05, 0) is 51.1 Å². The third kappa shape index (κ3) is 3.39. The van der Waals surface area contributed by atoms with Crippen LogP contribution in [0.3, 0.4) is 0 Å². The molecule has 2 aromatic rings. The third-order valence-corrected chi connectivity index (χ3v) is 6.99. The van der Waals surface area contributed by atoms with Gasteiger partial charge >= 0.3 is 5.97 Å². The number of rotatable bonds is 5. The van der Waals surface area contributed by atoms with Gasteiger partial charge in [0.25, 0.3) is 0 Å². The number of pyridine rings is 1. The molecule has 3 fully saturated rings. The monoisotopic (exact) mass is 445 g/mol. The zero-order valence-corrected chi connectivity index (χ0v) is 17.8. The Morgan fingerprint density at radius 2 is 1.94 bits per heavy atom. The highest BCUT2D eigenvalue weighted by atomic mass is 19.1. The molecule has 3 aliphatic rings. The van der Waals surface area contributed by atoms with Gasteiger partial charge in [0.15, 0.2) is 5.82 Å². The summed E-state index contributed by atoms with van der Waals surface area (Å²) in [5.74, 6) is -2.83.